The molecule has 1 atom stereocenters. The summed E-state index contributed by atoms with van der Waals surface area (Å²) in [4.78, 5) is 4.21. The van der Waals surface area contributed by atoms with E-state index in [4.69, 9.17) is 10.5 Å². The van der Waals surface area contributed by atoms with Crippen molar-refractivity contribution in [3.8, 4) is 0 Å². The molecule has 3 N–H and O–H groups in total. The molecule has 1 aromatic rings. The van der Waals surface area contributed by atoms with Crippen LogP contribution in [0.1, 0.15) is 12.5 Å². The average Bonchev–Trinajstić information content (AvgIpc) is 2.10. The molecule has 0 aliphatic heterocycles. The van der Waals surface area contributed by atoms with Crippen molar-refractivity contribution in [2.45, 2.75) is 19.9 Å². The van der Waals surface area contributed by atoms with Crippen LogP contribution in [0.15, 0.2) is 12.3 Å². The van der Waals surface area contributed by atoms with Gasteiger partial charge in [-0.15, -0.1) is 0 Å². The highest BCUT2D eigenvalue weighted by molar-refractivity contribution is 5.51. The second-order valence-electron chi connectivity index (χ2n) is 3.43. The third kappa shape index (κ3) is 2.88. The van der Waals surface area contributed by atoms with Crippen molar-refractivity contribution < 1.29 is 4.74 Å². The van der Waals surface area contributed by atoms with Gasteiger partial charge in [-0.2, -0.15) is 0 Å². The number of rotatable bonds is 4. The Labute approximate surface area is 84.5 Å². The molecule has 1 rings (SSSR count). The minimum absolute atomic E-state index is 0.245. The van der Waals surface area contributed by atoms with Crippen molar-refractivity contribution >= 4 is 11.5 Å². The van der Waals surface area contributed by atoms with Gasteiger partial charge in [0.2, 0.25) is 0 Å². The molecule has 4 heteroatoms. The van der Waals surface area contributed by atoms with E-state index in [0.717, 1.165) is 11.4 Å². The molecule has 0 aliphatic carbocycles. The SMILES string of the molecule is COCC(C)Nc1ncc(N)cc1C. The molecule has 0 radical (unpaired) electrons. The fourth-order valence-electron chi connectivity index (χ4n) is 1.27. The van der Waals surface area contributed by atoms with Crippen LogP contribution in [0, 0.1) is 6.92 Å². The predicted octanol–water partition coefficient (Wildman–Crippen LogP) is 1.42. The van der Waals surface area contributed by atoms with E-state index in [1.165, 1.54) is 0 Å². The number of nitrogens with one attached hydrogen (secondary N) is 1. The molecule has 0 saturated heterocycles. The first kappa shape index (κ1) is 10.8. The second-order valence-corrected chi connectivity index (χ2v) is 3.43. The van der Waals surface area contributed by atoms with Crippen LogP contribution >= 0.6 is 0 Å². The van der Waals surface area contributed by atoms with Crippen molar-refractivity contribution in [2.75, 3.05) is 24.8 Å². The minimum Gasteiger partial charge on any atom is -0.397 e. The first-order valence-corrected chi connectivity index (χ1v) is 4.61. The highest BCUT2D eigenvalue weighted by Gasteiger charge is 2.04. The molecule has 1 aromatic heterocycles. The number of hydrogen-bond acceptors (Lipinski definition) is 4. The summed E-state index contributed by atoms with van der Waals surface area (Å²) in [6, 6.07) is 2.14. The smallest absolute Gasteiger partial charge is 0.129 e. The summed E-state index contributed by atoms with van der Waals surface area (Å²) in [5.74, 6) is 0.865. The summed E-state index contributed by atoms with van der Waals surface area (Å²) in [6.07, 6.45) is 1.65. The Morgan fingerprint density at radius 3 is 2.93 bits per heavy atom. The normalized spacial score (nSPS) is 12.5. The van der Waals surface area contributed by atoms with E-state index in [0.29, 0.717) is 12.3 Å². The maximum absolute atomic E-state index is 5.60. The molecule has 1 unspecified atom stereocenters. The number of aromatic nitrogens is 1. The van der Waals surface area contributed by atoms with Gasteiger partial charge in [-0.05, 0) is 25.5 Å². The monoisotopic (exact) mass is 195 g/mol. The van der Waals surface area contributed by atoms with Gasteiger partial charge >= 0.3 is 0 Å². The highest BCUT2D eigenvalue weighted by Crippen LogP contribution is 2.14. The average molecular weight is 195 g/mol. The lowest BCUT2D eigenvalue weighted by atomic mass is 10.2. The maximum atomic E-state index is 5.60. The van der Waals surface area contributed by atoms with Crippen LogP contribution in [0.3, 0.4) is 0 Å². The zero-order valence-corrected chi connectivity index (χ0v) is 8.87. The van der Waals surface area contributed by atoms with Gasteiger partial charge in [-0.3, -0.25) is 0 Å². The van der Waals surface area contributed by atoms with Crippen molar-refractivity contribution in [3.63, 3.8) is 0 Å². The quantitative estimate of drug-likeness (QED) is 0.762. The fraction of sp³-hybridized carbons (Fsp3) is 0.500. The highest BCUT2D eigenvalue weighted by atomic mass is 16.5. The summed E-state index contributed by atoms with van der Waals surface area (Å²) >= 11 is 0. The fourth-order valence-corrected chi connectivity index (χ4v) is 1.27. The summed E-state index contributed by atoms with van der Waals surface area (Å²) in [6.45, 7) is 4.68. The van der Waals surface area contributed by atoms with Gasteiger partial charge < -0.3 is 15.8 Å². The first-order valence-electron chi connectivity index (χ1n) is 4.61. The number of ether oxygens (including phenoxy) is 1. The molecule has 0 aromatic carbocycles. The van der Waals surface area contributed by atoms with Crippen LogP contribution in [-0.4, -0.2) is 24.7 Å². The van der Waals surface area contributed by atoms with Gasteiger partial charge in [0.1, 0.15) is 5.82 Å². The van der Waals surface area contributed by atoms with E-state index < -0.39 is 0 Å². The summed E-state index contributed by atoms with van der Waals surface area (Å²) in [7, 11) is 1.68. The molecule has 0 saturated carbocycles. The zero-order valence-electron chi connectivity index (χ0n) is 8.87. The molecule has 0 bridgehead atoms. The van der Waals surface area contributed by atoms with Crippen LogP contribution in [-0.2, 0) is 4.74 Å². The third-order valence-corrected chi connectivity index (χ3v) is 1.90. The lowest BCUT2D eigenvalue weighted by Crippen LogP contribution is -2.22. The Balaban J connectivity index is 2.67. The van der Waals surface area contributed by atoms with Gasteiger partial charge in [-0.25, -0.2) is 4.98 Å². The largest absolute Gasteiger partial charge is 0.397 e. The number of nitrogens with two attached hydrogens (primary N) is 1. The van der Waals surface area contributed by atoms with Crippen LogP contribution < -0.4 is 11.1 Å². The summed E-state index contributed by atoms with van der Waals surface area (Å²) in [5, 5.41) is 3.25. The number of aryl methyl sites for hydroxylation is 1. The summed E-state index contributed by atoms with van der Waals surface area (Å²) in [5.41, 5.74) is 7.34. The lowest BCUT2D eigenvalue weighted by molar-refractivity contribution is 0.190. The molecule has 0 spiro atoms. The summed E-state index contributed by atoms with van der Waals surface area (Å²) < 4.78 is 5.02. The molecule has 0 aliphatic rings. The van der Waals surface area contributed by atoms with Crippen molar-refractivity contribution in [1.29, 1.82) is 0 Å². The Kier molecular flexibility index (Phi) is 3.71. The zero-order chi connectivity index (χ0) is 10.6. The Morgan fingerprint density at radius 1 is 1.64 bits per heavy atom. The minimum atomic E-state index is 0.245. The number of nitrogen functional groups attached to an aromatic ring is 1. The molecule has 4 nitrogen and oxygen atoms in total. The van der Waals surface area contributed by atoms with Gasteiger partial charge in [-0.1, -0.05) is 0 Å². The topological polar surface area (TPSA) is 60.2 Å². The molecule has 78 valence electrons. The third-order valence-electron chi connectivity index (χ3n) is 1.90. The Morgan fingerprint density at radius 2 is 2.36 bits per heavy atom. The van der Waals surface area contributed by atoms with Crippen LogP contribution in [0.4, 0.5) is 11.5 Å². The number of methoxy groups -OCH3 is 1. The number of pyridine rings is 1. The number of anilines is 2. The molecule has 0 fully saturated rings. The van der Waals surface area contributed by atoms with Gasteiger partial charge in [0.15, 0.2) is 0 Å². The Bertz CT molecular complexity index is 301. The number of hydrogen-bond donors (Lipinski definition) is 2. The van der Waals surface area contributed by atoms with E-state index in [1.807, 2.05) is 19.9 Å². The van der Waals surface area contributed by atoms with Crippen LogP contribution in [0.2, 0.25) is 0 Å². The standard InChI is InChI=1S/C10H17N3O/c1-7-4-9(11)5-12-10(7)13-8(2)6-14-3/h4-5,8H,6,11H2,1-3H3,(H,12,13). The molecule has 14 heavy (non-hydrogen) atoms. The lowest BCUT2D eigenvalue weighted by Gasteiger charge is -2.15. The van der Waals surface area contributed by atoms with Crippen molar-refractivity contribution in [2.24, 2.45) is 0 Å². The van der Waals surface area contributed by atoms with E-state index in [-0.39, 0.29) is 6.04 Å². The van der Waals surface area contributed by atoms with E-state index in [1.54, 1.807) is 13.3 Å². The maximum Gasteiger partial charge on any atom is 0.129 e. The van der Waals surface area contributed by atoms with Gasteiger partial charge in [0, 0.05) is 13.2 Å². The molecular formula is C10H17N3O. The van der Waals surface area contributed by atoms with E-state index >= 15 is 0 Å². The van der Waals surface area contributed by atoms with Crippen molar-refractivity contribution in [1.82, 2.24) is 4.98 Å². The number of nitrogens with zero attached hydrogens (tertiary/aromatic N) is 1. The molecule has 0 amide bonds. The van der Waals surface area contributed by atoms with Gasteiger partial charge in [0.05, 0.1) is 18.5 Å². The van der Waals surface area contributed by atoms with E-state index in [2.05, 4.69) is 10.3 Å². The van der Waals surface area contributed by atoms with Crippen LogP contribution in [0.5, 0.6) is 0 Å². The van der Waals surface area contributed by atoms with Crippen molar-refractivity contribution in [3.05, 3.63) is 17.8 Å². The Hall–Kier alpha value is -1.29. The van der Waals surface area contributed by atoms with Crippen LogP contribution in [0.25, 0.3) is 0 Å². The first-order chi connectivity index (χ1) is 6.63. The van der Waals surface area contributed by atoms with E-state index in [9.17, 15) is 0 Å². The molecule has 1 heterocycles. The second kappa shape index (κ2) is 4.81. The van der Waals surface area contributed by atoms with Gasteiger partial charge in [0.25, 0.3) is 0 Å². The molecular weight excluding hydrogens is 178 g/mol. The predicted molar refractivity (Wildman–Crippen MR) is 58.3 cm³/mol.